The lowest BCUT2D eigenvalue weighted by Gasteiger charge is -2.61. The van der Waals surface area contributed by atoms with Crippen LogP contribution in [-0.2, 0) is 6.54 Å². The largest absolute Gasteiger partial charge is 0.300 e. The van der Waals surface area contributed by atoms with Crippen molar-refractivity contribution in [3.05, 3.63) is 35.4 Å². The Bertz CT molecular complexity index is 464. The topological polar surface area (TPSA) is 6.48 Å². The molecule has 0 bridgehead atoms. The first-order chi connectivity index (χ1) is 9.47. The maximum atomic E-state index is 2.61. The fourth-order valence-corrected chi connectivity index (χ4v) is 3.70. The van der Waals surface area contributed by atoms with E-state index in [2.05, 4.69) is 61.8 Å². The lowest BCUT2D eigenvalue weighted by Crippen LogP contribution is -2.72. The van der Waals surface area contributed by atoms with Gasteiger partial charge in [-0.15, -0.1) is 0 Å². The van der Waals surface area contributed by atoms with Gasteiger partial charge in [-0.2, -0.15) is 0 Å². The molecule has 1 spiro atoms. The molecule has 0 aromatic heterocycles. The predicted molar refractivity (Wildman–Crippen MR) is 85.0 cm³/mol. The minimum absolute atomic E-state index is 0.629. The van der Waals surface area contributed by atoms with Crippen LogP contribution in [0.5, 0.6) is 0 Å². The van der Waals surface area contributed by atoms with Crippen molar-refractivity contribution in [3.63, 3.8) is 0 Å². The highest BCUT2D eigenvalue weighted by molar-refractivity contribution is 5.26. The Labute approximate surface area is 123 Å². The van der Waals surface area contributed by atoms with Crippen molar-refractivity contribution in [1.29, 1.82) is 0 Å². The van der Waals surface area contributed by atoms with Crippen molar-refractivity contribution in [3.8, 4) is 0 Å². The molecule has 2 fully saturated rings. The number of benzene rings is 1. The molecular weight excluding hydrogens is 244 g/mol. The molecule has 0 unspecified atom stereocenters. The smallest absolute Gasteiger partial charge is 0.0234 e. The van der Waals surface area contributed by atoms with Crippen LogP contribution < -0.4 is 0 Å². The summed E-state index contributed by atoms with van der Waals surface area (Å²) in [5.74, 6) is 0.629. The minimum atomic E-state index is 0.629. The maximum absolute atomic E-state index is 2.61. The summed E-state index contributed by atoms with van der Waals surface area (Å²) in [6, 6.07) is 9.84. The second kappa shape index (κ2) is 5.16. The van der Waals surface area contributed by atoms with Gasteiger partial charge >= 0.3 is 0 Å². The fraction of sp³-hybridized carbons (Fsp3) is 0.667. The quantitative estimate of drug-likeness (QED) is 0.829. The third kappa shape index (κ3) is 2.64. The van der Waals surface area contributed by atoms with Gasteiger partial charge in [0.1, 0.15) is 0 Å². The Morgan fingerprint density at radius 1 is 1.05 bits per heavy atom. The van der Waals surface area contributed by atoms with E-state index in [-0.39, 0.29) is 0 Å². The summed E-state index contributed by atoms with van der Waals surface area (Å²) < 4.78 is 0. The molecular formula is C18H28N2. The maximum Gasteiger partial charge on any atom is 0.0234 e. The molecule has 2 heterocycles. The zero-order chi connectivity index (χ0) is 14.3. The summed E-state index contributed by atoms with van der Waals surface area (Å²) in [4.78, 5) is 5.20. The number of hydrogen-bond donors (Lipinski definition) is 0. The van der Waals surface area contributed by atoms with E-state index in [9.17, 15) is 0 Å². The predicted octanol–water partition coefficient (Wildman–Crippen LogP) is 3.34. The van der Waals surface area contributed by atoms with Crippen molar-refractivity contribution in [1.82, 2.24) is 9.80 Å². The molecule has 3 rings (SSSR count). The zero-order valence-corrected chi connectivity index (χ0v) is 13.4. The van der Waals surface area contributed by atoms with Crippen LogP contribution in [0.15, 0.2) is 24.3 Å². The Morgan fingerprint density at radius 3 is 2.35 bits per heavy atom. The van der Waals surface area contributed by atoms with Crippen LogP contribution in [0.25, 0.3) is 0 Å². The van der Waals surface area contributed by atoms with Crippen molar-refractivity contribution < 1.29 is 0 Å². The highest BCUT2D eigenvalue weighted by atomic mass is 15.3. The van der Waals surface area contributed by atoms with Gasteiger partial charge in [-0.3, -0.25) is 9.80 Å². The molecule has 2 saturated heterocycles. The Kier molecular flexibility index (Phi) is 3.64. The summed E-state index contributed by atoms with van der Waals surface area (Å²) >= 11 is 0. The standard InChI is InChI=1S/C18H28N2/c1-14(2)17-7-5-6-16(8-17)9-19-10-18(11-19)12-20(13-18)15(3)4/h5-8,14-15H,9-13H2,1-4H3. The van der Waals surface area contributed by atoms with Crippen LogP contribution in [0.4, 0.5) is 0 Å². The first-order valence-electron chi connectivity index (χ1n) is 8.03. The third-order valence-electron chi connectivity index (χ3n) is 4.95. The van der Waals surface area contributed by atoms with E-state index in [0.717, 1.165) is 12.6 Å². The second-order valence-electron chi connectivity index (χ2n) is 7.54. The van der Waals surface area contributed by atoms with Gasteiger partial charge in [0.15, 0.2) is 0 Å². The van der Waals surface area contributed by atoms with Crippen LogP contribution in [-0.4, -0.2) is 42.0 Å². The van der Waals surface area contributed by atoms with Gasteiger partial charge in [-0.1, -0.05) is 38.1 Å². The number of rotatable bonds is 4. The molecule has 2 nitrogen and oxygen atoms in total. The number of likely N-dealkylation sites (tertiary alicyclic amines) is 2. The van der Waals surface area contributed by atoms with Gasteiger partial charge < -0.3 is 0 Å². The van der Waals surface area contributed by atoms with E-state index < -0.39 is 0 Å². The highest BCUT2D eigenvalue weighted by Crippen LogP contribution is 2.41. The summed E-state index contributed by atoms with van der Waals surface area (Å²) in [5, 5.41) is 0. The minimum Gasteiger partial charge on any atom is -0.300 e. The Morgan fingerprint density at radius 2 is 1.75 bits per heavy atom. The van der Waals surface area contributed by atoms with E-state index in [0.29, 0.717) is 11.3 Å². The second-order valence-corrected chi connectivity index (χ2v) is 7.54. The lowest BCUT2D eigenvalue weighted by atomic mass is 9.72. The summed E-state index contributed by atoms with van der Waals surface area (Å²) in [7, 11) is 0. The van der Waals surface area contributed by atoms with E-state index in [1.165, 1.54) is 37.3 Å². The summed E-state index contributed by atoms with van der Waals surface area (Å²) in [5.41, 5.74) is 3.58. The number of nitrogens with zero attached hydrogens (tertiary/aromatic N) is 2. The van der Waals surface area contributed by atoms with Crippen LogP contribution in [0, 0.1) is 5.41 Å². The molecule has 0 radical (unpaired) electrons. The molecule has 0 atom stereocenters. The molecule has 0 N–H and O–H groups in total. The molecule has 0 amide bonds. The molecule has 1 aromatic rings. The van der Waals surface area contributed by atoms with Crippen molar-refractivity contribution in [2.75, 3.05) is 26.2 Å². The third-order valence-corrected chi connectivity index (χ3v) is 4.95. The SMILES string of the molecule is CC(C)c1cccc(CN2CC3(C2)CN(C(C)C)C3)c1. The van der Waals surface area contributed by atoms with Crippen LogP contribution in [0.2, 0.25) is 0 Å². The first kappa shape index (κ1) is 14.1. The van der Waals surface area contributed by atoms with E-state index in [4.69, 9.17) is 0 Å². The zero-order valence-electron chi connectivity index (χ0n) is 13.4. The number of hydrogen-bond acceptors (Lipinski definition) is 2. The van der Waals surface area contributed by atoms with Crippen LogP contribution >= 0.6 is 0 Å². The van der Waals surface area contributed by atoms with Crippen LogP contribution in [0.1, 0.15) is 44.7 Å². The van der Waals surface area contributed by atoms with Crippen molar-refractivity contribution in [2.24, 2.45) is 5.41 Å². The van der Waals surface area contributed by atoms with E-state index in [1.807, 2.05) is 0 Å². The molecule has 2 aliphatic heterocycles. The molecule has 2 heteroatoms. The van der Waals surface area contributed by atoms with E-state index in [1.54, 1.807) is 0 Å². The Balaban J connectivity index is 1.51. The summed E-state index contributed by atoms with van der Waals surface area (Å²) in [6.07, 6.45) is 0. The van der Waals surface area contributed by atoms with Crippen molar-refractivity contribution >= 4 is 0 Å². The average Bonchev–Trinajstić information content (AvgIpc) is 2.30. The monoisotopic (exact) mass is 272 g/mol. The molecule has 110 valence electrons. The average molecular weight is 272 g/mol. The van der Waals surface area contributed by atoms with E-state index >= 15 is 0 Å². The van der Waals surface area contributed by atoms with Gasteiger partial charge in [0.05, 0.1) is 0 Å². The molecule has 0 saturated carbocycles. The molecule has 20 heavy (non-hydrogen) atoms. The van der Waals surface area contributed by atoms with Crippen molar-refractivity contribution in [2.45, 2.75) is 46.2 Å². The van der Waals surface area contributed by atoms with Gasteiger partial charge in [0.2, 0.25) is 0 Å². The molecule has 2 aliphatic rings. The normalized spacial score (nSPS) is 22.3. The van der Waals surface area contributed by atoms with Gasteiger partial charge in [-0.05, 0) is 30.9 Å². The first-order valence-corrected chi connectivity index (χ1v) is 8.03. The lowest BCUT2D eigenvalue weighted by molar-refractivity contribution is -0.128. The van der Waals surface area contributed by atoms with Crippen LogP contribution in [0.3, 0.4) is 0 Å². The Hall–Kier alpha value is -0.860. The summed E-state index contributed by atoms with van der Waals surface area (Å²) in [6.45, 7) is 15.5. The highest BCUT2D eigenvalue weighted by Gasteiger charge is 2.51. The molecule has 0 aliphatic carbocycles. The van der Waals surface area contributed by atoms with Gasteiger partial charge in [0, 0.05) is 44.2 Å². The fourth-order valence-electron chi connectivity index (χ4n) is 3.70. The van der Waals surface area contributed by atoms with Gasteiger partial charge in [0.25, 0.3) is 0 Å². The van der Waals surface area contributed by atoms with Gasteiger partial charge in [-0.25, -0.2) is 0 Å². The molecule has 1 aromatic carbocycles.